The van der Waals surface area contributed by atoms with Crippen molar-refractivity contribution < 1.29 is 26.7 Å². The van der Waals surface area contributed by atoms with E-state index in [2.05, 4.69) is 9.97 Å². The van der Waals surface area contributed by atoms with Gasteiger partial charge >= 0.3 is 11.9 Å². The summed E-state index contributed by atoms with van der Waals surface area (Å²) in [6.07, 6.45) is 0.258. The lowest BCUT2D eigenvalue weighted by atomic mass is 10.1. The minimum absolute atomic E-state index is 0.0970. The predicted molar refractivity (Wildman–Crippen MR) is 140 cm³/mol. The first-order valence-electron chi connectivity index (χ1n) is 12.4. The Morgan fingerprint density at radius 1 is 1.00 bits per heavy atom. The summed E-state index contributed by atoms with van der Waals surface area (Å²) >= 11 is 0. The molecular formula is C26H28F2N6O4S. The molecule has 2 aromatic carbocycles. The molecule has 39 heavy (non-hydrogen) atoms. The van der Waals surface area contributed by atoms with Crippen LogP contribution in [0, 0.1) is 0 Å². The summed E-state index contributed by atoms with van der Waals surface area (Å²) in [5, 5.41) is 0. The van der Waals surface area contributed by atoms with Crippen LogP contribution in [-0.4, -0.2) is 74.5 Å². The van der Waals surface area contributed by atoms with Crippen molar-refractivity contribution in [3.05, 3.63) is 71.9 Å². The minimum Gasteiger partial charge on any atom is -0.467 e. The van der Waals surface area contributed by atoms with E-state index >= 15 is 8.78 Å². The van der Waals surface area contributed by atoms with Crippen LogP contribution in [0.1, 0.15) is 17.7 Å². The van der Waals surface area contributed by atoms with Crippen LogP contribution < -0.4 is 20.3 Å². The Bertz CT molecular complexity index is 1450. The molecular weight excluding hydrogens is 530 g/mol. The highest BCUT2D eigenvalue weighted by molar-refractivity contribution is 7.89. The highest BCUT2D eigenvalue weighted by Gasteiger charge is 2.38. The third-order valence-corrected chi connectivity index (χ3v) is 8.75. The van der Waals surface area contributed by atoms with Crippen molar-refractivity contribution >= 4 is 27.4 Å². The van der Waals surface area contributed by atoms with Crippen molar-refractivity contribution in [3.63, 3.8) is 0 Å². The molecule has 1 aromatic heterocycles. The molecule has 0 bridgehead atoms. The summed E-state index contributed by atoms with van der Waals surface area (Å²) in [6, 6.07) is 14.3. The molecule has 0 saturated carbocycles. The van der Waals surface area contributed by atoms with Gasteiger partial charge in [-0.15, -0.1) is 0 Å². The Morgan fingerprint density at radius 3 is 2.26 bits per heavy atom. The topological polar surface area (TPSA) is 122 Å². The number of hydrogen-bond donors (Lipinski definition) is 1. The van der Waals surface area contributed by atoms with Gasteiger partial charge in [-0.3, -0.25) is 4.79 Å². The molecule has 0 aliphatic carbocycles. The maximum atomic E-state index is 15.2. The molecule has 3 heterocycles. The number of anilines is 2. The van der Waals surface area contributed by atoms with Crippen molar-refractivity contribution in [2.45, 2.75) is 23.3 Å². The maximum absolute atomic E-state index is 15.2. The number of ether oxygens (including phenoxy) is 1. The van der Waals surface area contributed by atoms with Crippen molar-refractivity contribution in [1.29, 1.82) is 0 Å². The molecule has 2 saturated heterocycles. The van der Waals surface area contributed by atoms with E-state index in [1.165, 1.54) is 53.9 Å². The second kappa shape index (κ2) is 10.5. The van der Waals surface area contributed by atoms with Gasteiger partial charge in [-0.25, -0.2) is 8.42 Å². The number of aromatic nitrogens is 2. The number of methoxy groups -OCH3 is 1. The van der Waals surface area contributed by atoms with Crippen molar-refractivity contribution in [1.82, 2.24) is 14.3 Å². The lowest BCUT2D eigenvalue weighted by Crippen LogP contribution is -2.49. The van der Waals surface area contributed by atoms with Gasteiger partial charge in [-0.1, -0.05) is 30.3 Å². The molecule has 2 aliphatic rings. The summed E-state index contributed by atoms with van der Waals surface area (Å²) in [5.74, 6) is -3.25. The molecule has 2 aliphatic heterocycles. The monoisotopic (exact) mass is 558 g/mol. The number of sulfonamides is 1. The Hall–Kier alpha value is -3.68. The number of amides is 1. The van der Waals surface area contributed by atoms with Crippen LogP contribution in [0.5, 0.6) is 6.01 Å². The number of piperazine rings is 1. The molecule has 13 heteroatoms. The molecule has 3 aromatic rings. The van der Waals surface area contributed by atoms with Gasteiger partial charge in [-0.2, -0.15) is 23.1 Å². The zero-order valence-corrected chi connectivity index (χ0v) is 22.0. The first-order chi connectivity index (χ1) is 18.6. The third kappa shape index (κ3) is 5.29. The van der Waals surface area contributed by atoms with Crippen LogP contribution in [0.2, 0.25) is 0 Å². The average molecular weight is 559 g/mol. The number of nitrogens with two attached hydrogens (primary N) is 1. The molecule has 2 fully saturated rings. The van der Waals surface area contributed by atoms with Crippen LogP contribution in [-0.2, 0) is 20.7 Å². The second-order valence-corrected chi connectivity index (χ2v) is 11.3. The molecule has 206 valence electrons. The fourth-order valence-electron chi connectivity index (χ4n) is 4.71. The quantitative estimate of drug-likeness (QED) is 0.469. The Balaban J connectivity index is 1.31. The predicted octanol–water partition coefficient (Wildman–Crippen LogP) is 2.20. The van der Waals surface area contributed by atoms with Gasteiger partial charge in [0.2, 0.25) is 15.9 Å². The van der Waals surface area contributed by atoms with Gasteiger partial charge in [0, 0.05) is 62.5 Å². The van der Waals surface area contributed by atoms with Crippen molar-refractivity contribution in [2.24, 2.45) is 5.73 Å². The average Bonchev–Trinajstić information content (AvgIpc) is 3.30. The summed E-state index contributed by atoms with van der Waals surface area (Å²) in [5.41, 5.74) is 5.73. The van der Waals surface area contributed by atoms with E-state index in [1.54, 1.807) is 28.0 Å². The summed E-state index contributed by atoms with van der Waals surface area (Å²) in [6.45, 7) is 1.10. The third-order valence-electron chi connectivity index (χ3n) is 6.84. The van der Waals surface area contributed by atoms with E-state index in [0.29, 0.717) is 12.2 Å². The lowest BCUT2D eigenvalue weighted by molar-refractivity contribution is -0.117. The number of rotatable bonds is 7. The molecule has 1 amide bonds. The Morgan fingerprint density at radius 2 is 1.67 bits per heavy atom. The van der Waals surface area contributed by atoms with E-state index in [1.807, 2.05) is 0 Å². The minimum atomic E-state index is -3.81. The first-order valence-corrected chi connectivity index (χ1v) is 13.8. The molecule has 5 rings (SSSR count). The standard InChI is InChI=1S/C26H28F2N6O4S/c1-38-25-30-22(26(27,28)18-5-3-2-4-6-18)16-23(31-25)32-11-13-33(14-12-32)39(36,37)21-9-7-20(8-10-21)34-17-19(29)15-24(34)35/h2-10,16,19H,11-15,17,29H2,1H3. The smallest absolute Gasteiger partial charge is 0.318 e. The van der Waals surface area contributed by atoms with Gasteiger partial charge in [0.15, 0.2) is 0 Å². The number of carbonyl (C=O) groups is 1. The zero-order valence-electron chi connectivity index (χ0n) is 21.2. The fourth-order valence-corrected chi connectivity index (χ4v) is 6.13. The van der Waals surface area contributed by atoms with Crippen LogP contribution >= 0.6 is 0 Å². The molecule has 1 atom stereocenters. The number of nitrogens with zero attached hydrogens (tertiary/aromatic N) is 5. The molecule has 1 unspecified atom stereocenters. The van der Waals surface area contributed by atoms with Crippen molar-refractivity contribution in [3.8, 4) is 6.01 Å². The second-order valence-electron chi connectivity index (χ2n) is 9.39. The number of hydrogen-bond acceptors (Lipinski definition) is 8. The normalized spacial score (nSPS) is 19.0. The molecule has 0 radical (unpaired) electrons. The van der Waals surface area contributed by atoms with Crippen LogP contribution in [0.25, 0.3) is 0 Å². The van der Waals surface area contributed by atoms with Crippen LogP contribution in [0.3, 0.4) is 0 Å². The zero-order chi connectivity index (χ0) is 27.8. The summed E-state index contributed by atoms with van der Waals surface area (Å²) in [4.78, 5) is 23.6. The van der Waals surface area contributed by atoms with Gasteiger partial charge in [0.05, 0.1) is 12.0 Å². The van der Waals surface area contributed by atoms with Crippen molar-refractivity contribution in [2.75, 3.05) is 49.6 Å². The Kier molecular flexibility index (Phi) is 7.23. The largest absolute Gasteiger partial charge is 0.467 e. The number of carbonyl (C=O) groups excluding carboxylic acids is 1. The Labute approximate surface area is 225 Å². The molecule has 0 spiro atoms. The summed E-state index contributed by atoms with van der Waals surface area (Å²) < 4.78 is 63.5. The first kappa shape index (κ1) is 26.9. The lowest BCUT2D eigenvalue weighted by Gasteiger charge is -2.35. The highest BCUT2D eigenvalue weighted by Crippen LogP contribution is 2.36. The summed E-state index contributed by atoms with van der Waals surface area (Å²) in [7, 11) is -2.51. The van der Waals surface area contributed by atoms with Crippen LogP contribution in [0.15, 0.2) is 65.6 Å². The van der Waals surface area contributed by atoms with E-state index in [-0.39, 0.29) is 66.8 Å². The van der Waals surface area contributed by atoms with E-state index in [0.717, 1.165) is 0 Å². The van der Waals surface area contributed by atoms with Crippen LogP contribution in [0.4, 0.5) is 20.3 Å². The van der Waals surface area contributed by atoms with Gasteiger partial charge in [-0.05, 0) is 24.3 Å². The molecule has 10 nitrogen and oxygen atoms in total. The van der Waals surface area contributed by atoms with E-state index in [9.17, 15) is 13.2 Å². The number of alkyl halides is 2. The van der Waals surface area contributed by atoms with Gasteiger partial charge in [0.1, 0.15) is 11.5 Å². The maximum Gasteiger partial charge on any atom is 0.318 e. The number of halogens is 2. The SMILES string of the molecule is COc1nc(N2CCN(S(=O)(=O)c3ccc(N4CC(N)CC4=O)cc3)CC2)cc(C(F)(F)c2ccccc2)n1. The number of benzene rings is 2. The highest BCUT2D eigenvalue weighted by atomic mass is 32.2. The molecule has 2 N–H and O–H groups in total. The fraction of sp³-hybridized carbons (Fsp3) is 0.346. The van der Waals surface area contributed by atoms with E-state index < -0.39 is 21.6 Å². The van der Waals surface area contributed by atoms with Gasteiger partial charge in [0.25, 0.3) is 0 Å². The van der Waals surface area contributed by atoms with Gasteiger partial charge < -0.3 is 20.3 Å². The van der Waals surface area contributed by atoms with E-state index in [4.69, 9.17) is 10.5 Å².